The average molecular weight is 288 g/mol. The Kier molecular flexibility index (Phi) is 2.58. The van der Waals surface area contributed by atoms with Crippen molar-refractivity contribution in [1.29, 1.82) is 0 Å². The molecule has 0 aromatic heterocycles. The number of hydrogen-bond donors (Lipinski definition) is 1. The van der Waals surface area contributed by atoms with Crippen LogP contribution in [0.4, 0.5) is 5.69 Å². The van der Waals surface area contributed by atoms with Crippen LogP contribution in [0.5, 0.6) is 0 Å². The minimum absolute atomic E-state index is 0.233. The fourth-order valence-electron chi connectivity index (χ4n) is 2.37. The van der Waals surface area contributed by atoms with Gasteiger partial charge in [0, 0.05) is 23.7 Å². The molecule has 3 rings (SSSR count). The van der Waals surface area contributed by atoms with Crippen LogP contribution in [-0.2, 0) is 10.0 Å². The van der Waals surface area contributed by atoms with Crippen molar-refractivity contribution in [3.8, 4) is 11.1 Å². The summed E-state index contributed by atoms with van der Waals surface area (Å²) in [6.07, 6.45) is 0. The number of sulfonamides is 1. The van der Waals surface area contributed by atoms with E-state index < -0.39 is 15.9 Å². The maximum Gasteiger partial charge on any atom is 0.264 e. The van der Waals surface area contributed by atoms with Crippen LogP contribution in [0.1, 0.15) is 10.4 Å². The van der Waals surface area contributed by atoms with Crippen LogP contribution in [0.2, 0.25) is 0 Å². The third-order valence-corrected chi connectivity index (χ3v) is 5.27. The predicted molar refractivity (Wildman–Crippen MR) is 76.0 cm³/mol. The Morgan fingerprint density at radius 2 is 1.80 bits per heavy atom. The molecule has 0 saturated carbocycles. The molecule has 0 bridgehead atoms. The van der Waals surface area contributed by atoms with Gasteiger partial charge in [-0.25, -0.2) is 8.42 Å². The van der Waals surface area contributed by atoms with Crippen molar-refractivity contribution in [3.05, 3.63) is 48.0 Å². The van der Waals surface area contributed by atoms with Crippen LogP contribution in [-0.4, -0.2) is 21.4 Å². The number of nitrogens with zero attached hydrogens (tertiary/aromatic N) is 1. The zero-order valence-electron chi connectivity index (χ0n) is 10.7. The Labute approximate surface area is 116 Å². The molecule has 102 valence electrons. The molecule has 2 aromatic rings. The van der Waals surface area contributed by atoms with E-state index in [1.54, 1.807) is 36.4 Å². The Morgan fingerprint density at radius 3 is 2.50 bits per heavy atom. The van der Waals surface area contributed by atoms with Gasteiger partial charge in [-0.2, -0.15) is 0 Å². The largest absolute Gasteiger partial charge is 0.366 e. The maximum absolute atomic E-state index is 12.4. The molecule has 6 heteroatoms. The molecule has 5 nitrogen and oxygen atoms in total. The Hall–Kier alpha value is -2.34. The van der Waals surface area contributed by atoms with E-state index in [0.717, 1.165) is 0 Å². The summed E-state index contributed by atoms with van der Waals surface area (Å²) in [6, 6.07) is 11.5. The molecule has 0 aliphatic carbocycles. The lowest BCUT2D eigenvalue weighted by molar-refractivity contribution is 0.100. The van der Waals surface area contributed by atoms with E-state index in [1.165, 1.54) is 17.4 Å². The van der Waals surface area contributed by atoms with E-state index in [2.05, 4.69) is 0 Å². The van der Waals surface area contributed by atoms with Gasteiger partial charge < -0.3 is 5.73 Å². The van der Waals surface area contributed by atoms with Crippen LogP contribution >= 0.6 is 0 Å². The van der Waals surface area contributed by atoms with Crippen molar-refractivity contribution < 1.29 is 13.2 Å². The highest BCUT2D eigenvalue weighted by molar-refractivity contribution is 7.93. The molecule has 20 heavy (non-hydrogen) atoms. The first-order valence-corrected chi connectivity index (χ1v) is 7.39. The average Bonchev–Trinajstić information content (AvgIpc) is 2.44. The number of benzene rings is 2. The first kappa shape index (κ1) is 12.7. The number of carbonyl (C=O) groups is 1. The highest BCUT2D eigenvalue weighted by Crippen LogP contribution is 2.42. The van der Waals surface area contributed by atoms with Gasteiger partial charge in [0.15, 0.2) is 0 Å². The molecule has 1 heterocycles. The number of primary amides is 1. The first-order chi connectivity index (χ1) is 9.43. The maximum atomic E-state index is 12.4. The monoisotopic (exact) mass is 288 g/mol. The number of rotatable bonds is 1. The molecule has 0 unspecified atom stereocenters. The first-order valence-electron chi connectivity index (χ1n) is 5.95. The van der Waals surface area contributed by atoms with E-state index in [9.17, 15) is 13.2 Å². The summed E-state index contributed by atoms with van der Waals surface area (Å²) in [7, 11) is -2.06. The van der Waals surface area contributed by atoms with Crippen molar-refractivity contribution in [2.24, 2.45) is 5.73 Å². The van der Waals surface area contributed by atoms with E-state index >= 15 is 0 Å². The number of carbonyl (C=O) groups excluding carboxylic acids is 1. The molecular weight excluding hydrogens is 276 g/mol. The molecule has 0 fully saturated rings. The summed E-state index contributed by atoms with van der Waals surface area (Å²) < 4.78 is 26.1. The molecule has 2 N–H and O–H groups in total. The van der Waals surface area contributed by atoms with E-state index in [0.29, 0.717) is 22.4 Å². The van der Waals surface area contributed by atoms with Crippen molar-refractivity contribution in [2.75, 3.05) is 11.4 Å². The zero-order chi connectivity index (χ0) is 14.5. The second-order valence-corrected chi connectivity index (χ2v) is 6.50. The predicted octanol–water partition coefficient (Wildman–Crippen LogP) is 1.59. The smallest absolute Gasteiger partial charge is 0.264 e. The summed E-state index contributed by atoms with van der Waals surface area (Å²) in [5.74, 6) is -0.540. The number of anilines is 1. The number of hydrogen-bond acceptors (Lipinski definition) is 3. The van der Waals surface area contributed by atoms with Gasteiger partial charge in [-0.05, 0) is 24.3 Å². The van der Waals surface area contributed by atoms with Gasteiger partial charge in [0.1, 0.15) is 0 Å². The van der Waals surface area contributed by atoms with Crippen molar-refractivity contribution in [2.45, 2.75) is 4.90 Å². The van der Waals surface area contributed by atoms with Crippen LogP contribution in [0.15, 0.2) is 47.4 Å². The fraction of sp³-hybridized carbons (Fsp3) is 0.0714. The van der Waals surface area contributed by atoms with Gasteiger partial charge >= 0.3 is 0 Å². The standard InChI is InChI=1S/C14H12N2O3S/c1-16-12-7-6-9(14(15)17)8-11(12)10-4-2-3-5-13(10)20(16,18)19/h2-8H,1H3,(H2,15,17). The van der Waals surface area contributed by atoms with Crippen molar-refractivity contribution in [3.63, 3.8) is 0 Å². The zero-order valence-corrected chi connectivity index (χ0v) is 11.5. The second-order valence-electron chi connectivity index (χ2n) is 4.56. The fourth-order valence-corrected chi connectivity index (χ4v) is 3.79. The Bertz CT molecular complexity index is 828. The van der Waals surface area contributed by atoms with Gasteiger partial charge in [-0.1, -0.05) is 18.2 Å². The summed E-state index contributed by atoms with van der Waals surface area (Å²) >= 11 is 0. The number of nitrogens with two attached hydrogens (primary N) is 1. The highest BCUT2D eigenvalue weighted by Gasteiger charge is 2.32. The molecule has 1 aliphatic heterocycles. The molecule has 1 amide bonds. The minimum atomic E-state index is -3.55. The lowest BCUT2D eigenvalue weighted by atomic mass is 10.0. The molecule has 0 radical (unpaired) electrons. The second kappa shape index (κ2) is 4.08. The van der Waals surface area contributed by atoms with Crippen LogP contribution < -0.4 is 10.0 Å². The van der Waals surface area contributed by atoms with Crippen molar-refractivity contribution in [1.82, 2.24) is 0 Å². The minimum Gasteiger partial charge on any atom is -0.366 e. The molecule has 0 atom stereocenters. The molecular formula is C14H12N2O3S. The highest BCUT2D eigenvalue weighted by atomic mass is 32.2. The Morgan fingerprint density at radius 1 is 1.10 bits per heavy atom. The van der Waals surface area contributed by atoms with Gasteiger partial charge in [0.05, 0.1) is 10.6 Å². The Balaban J connectivity index is 2.39. The van der Waals surface area contributed by atoms with Crippen LogP contribution in [0, 0.1) is 0 Å². The molecule has 1 aliphatic rings. The topological polar surface area (TPSA) is 80.5 Å². The third-order valence-electron chi connectivity index (χ3n) is 3.44. The van der Waals surface area contributed by atoms with E-state index in [4.69, 9.17) is 5.73 Å². The number of fused-ring (bicyclic) bond motifs is 3. The summed E-state index contributed by atoms with van der Waals surface area (Å²) in [4.78, 5) is 11.5. The third kappa shape index (κ3) is 1.61. The van der Waals surface area contributed by atoms with Gasteiger partial charge in [-0.15, -0.1) is 0 Å². The normalized spacial score (nSPS) is 15.3. The van der Waals surface area contributed by atoms with Crippen LogP contribution in [0.3, 0.4) is 0 Å². The SMILES string of the molecule is CN1c2ccc(C(N)=O)cc2-c2ccccc2S1(=O)=O. The van der Waals surface area contributed by atoms with Gasteiger partial charge in [0.25, 0.3) is 10.0 Å². The summed E-state index contributed by atoms with van der Waals surface area (Å²) in [5.41, 5.74) is 7.45. The van der Waals surface area contributed by atoms with E-state index in [1.807, 2.05) is 0 Å². The molecule has 2 aromatic carbocycles. The van der Waals surface area contributed by atoms with E-state index in [-0.39, 0.29) is 4.90 Å². The summed E-state index contributed by atoms with van der Waals surface area (Å²) in [6.45, 7) is 0. The van der Waals surface area contributed by atoms with Gasteiger partial charge in [0.2, 0.25) is 5.91 Å². The lowest BCUT2D eigenvalue weighted by Gasteiger charge is -2.29. The van der Waals surface area contributed by atoms with Crippen LogP contribution in [0.25, 0.3) is 11.1 Å². The van der Waals surface area contributed by atoms with Crippen molar-refractivity contribution >= 4 is 21.6 Å². The summed E-state index contributed by atoms with van der Waals surface area (Å²) in [5, 5.41) is 0. The molecule has 0 saturated heterocycles. The number of amides is 1. The lowest BCUT2D eigenvalue weighted by Crippen LogP contribution is -2.30. The quantitative estimate of drug-likeness (QED) is 0.865. The van der Waals surface area contributed by atoms with Gasteiger partial charge in [-0.3, -0.25) is 9.10 Å². The molecule has 0 spiro atoms.